The largest absolute Gasteiger partial charge is 0.490 e. The van der Waals surface area contributed by atoms with Crippen molar-refractivity contribution in [3.63, 3.8) is 0 Å². The number of hydrogen-bond donors (Lipinski definition) is 0. The molecule has 152 valence electrons. The Morgan fingerprint density at radius 3 is 2.31 bits per heavy atom. The molecular formula is C22H25N3O4. The molecule has 0 saturated carbocycles. The van der Waals surface area contributed by atoms with Crippen LogP contribution in [0.3, 0.4) is 0 Å². The Labute approximate surface area is 170 Å². The van der Waals surface area contributed by atoms with Gasteiger partial charge in [-0.2, -0.15) is 0 Å². The summed E-state index contributed by atoms with van der Waals surface area (Å²) < 4.78 is 17.0. The second kappa shape index (κ2) is 9.73. The predicted molar refractivity (Wildman–Crippen MR) is 109 cm³/mol. The highest BCUT2D eigenvalue weighted by Crippen LogP contribution is 2.26. The van der Waals surface area contributed by atoms with E-state index in [0.717, 1.165) is 5.56 Å². The van der Waals surface area contributed by atoms with E-state index in [1.807, 2.05) is 69.3 Å². The van der Waals surface area contributed by atoms with Crippen LogP contribution in [0.5, 0.6) is 11.5 Å². The van der Waals surface area contributed by atoms with E-state index < -0.39 is 0 Å². The highest BCUT2D eigenvalue weighted by atomic mass is 16.5. The maximum absolute atomic E-state index is 12.8. The first-order valence-corrected chi connectivity index (χ1v) is 9.60. The van der Waals surface area contributed by atoms with Gasteiger partial charge in [0.2, 0.25) is 11.8 Å². The third-order valence-electron chi connectivity index (χ3n) is 4.24. The number of rotatable bonds is 9. The standard InChI is InChI=1S/C22H25N3O4/c1-4-27-18-12-8-9-13-19(18)28-15-21(26)25(16(2)3)14-20-23-24-22(29-20)17-10-6-5-7-11-17/h5-13,16H,4,14-15H2,1-3H3. The molecule has 0 atom stereocenters. The van der Waals surface area contributed by atoms with Gasteiger partial charge in [0.05, 0.1) is 13.2 Å². The molecule has 1 aromatic heterocycles. The lowest BCUT2D eigenvalue weighted by atomic mass is 10.2. The zero-order valence-electron chi connectivity index (χ0n) is 16.9. The van der Waals surface area contributed by atoms with Crippen molar-refractivity contribution in [2.24, 2.45) is 0 Å². The number of nitrogens with zero attached hydrogens (tertiary/aromatic N) is 3. The molecule has 0 unspecified atom stereocenters. The highest BCUT2D eigenvalue weighted by Gasteiger charge is 2.21. The molecule has 0 N–H and O–H groups in total. The molecule has 0 aliphatic rings. The summed E-state index contributed by atoms with van der Waals surface area (Å²) >= 11 is 0. The third kappa shape index (κ3) is 5.34. The maximum Gasteiger partial charge on any atom is 0.261 e. The van der Waals surface area contributed by atoms with Crippen LogP contribution >= 0.6 is 0 Å². The lowest BCUT2D eigenvalue weighted by Gasteiger charge is -2.25. The average Bonchev–Trinajstić information content (AvgIpc) is 3.20. The molecule has 3 aromatic rings. The van der Waals surface area contributed by atoms with Crippen molar-refractivity contribution in [1.29, 1.82) is 0 Å². The average molecular weight is 395 g/mol. The van der Waals surface area contributed by atoms with Crippen LogP contribution in [0.1, 0.15) is 26.7 Å². The van der Waals surface area contributed by atoms with Crippen molar-refractivity contribution < 1.29 is 18.7 Å². The zero-order chi connectivity index (χ0) is 20.6. The van der Waals surface area contributed by atoms with E-state index in [0.29, 0.717) is 29.9 Å². The SMILES string of the molecule is CCOc1ccccc1OCC(=O)N(Cc1nnc(-c2ccccc2)o1)C(C)C. The van der Waals surface area contributed by atoms with Crippen molar-refractivity contribution in [1.82, 2.24) is 15.1 Å². The number of aromatic nitrogens is 2. The van der Waals surface area contributed by atoms with Crippen LogP contribution in [-0.4, -0.2) is 40.3 Å². The highest BCUT2D eigenvalue weighted by molar-refractivity contribution is 5.78. The molecule has 1 heterocycles. The molecular weight excluding hydrogens is 370 g/mol. The second-order valence-corrected chi connectivity index (χ2v) is 6.65. The molecule has 0 fully saturated rings. The summed E-state index contributed by atoms with van der Waals surface area (Å²) in [6.45, 7) is 6.39. The van der Waals surface area contributed by atoms with Gasteiger partial charge in [0.1, 0.15) is 0 Å². The summed E-state index contributed by atoms with van der Waals surface area (Å²) in [6, 6.07) is 16.8. The molecule has 0 aliphatic heterocycles. The lowest BCUT2D eigenvalue weighted by Crippen LogP contribution is -2.39. The van der Waals surface area contributed by atoms with Crippen LogP contribution in [0.15, 0.2) is 59.0 Å². The Balaban J connectivity index is 1.66. The lowest BCUT2D eigenvalue weighted by molar-refractivity contribution is -0.136. The van der Waals surface area contributed by atoms with Gasteiger partial charge in [-0.25, -0.2) is 0 Å². The van der Waals surface area contributed by atoms with Gasteiger partial charge in [0.15, 0.2) is 18.1 Å². The number of hydrogen-bond acceptors (Lipinski definition) is 6. The molecule has 3 rings (SSSR count). The Bertz CT molecular complexity index is 925. The fraction of sp³-hybridized carbons (Fsp3) is 0.318. The third-order valence-corrected chi connectivity index (χ3v) is 4.24. The second-order valence-electron chi connectivity index (χ2n) is 6.65. The number of carbonyl (C=O) groups excluding carboxylic acids is 1. The summed E-state index contributed by atoms with van der Waals surface area (Å²) in [7, 11) is 0. The van der Waals surface area contributed by atoms with Crippen molar-refractivity contribution in [3.8, 4) is 23.0 Å². The molecule has 29 heavy (non-hydrogen) atoms. The van der Waals surface area contributed by atoms with Crippen LogP contribution < -0.4 is 9.47 Å². The molecule has 1 amide bonds. The van der Waals surface area contributed by atoms with Crippen LogP contribution in [0.2, 0.25) is 0 Å². The number of para-hydroxylation sites is 2. The van der Waals surface area contributed by atoms with Gasteiger partial charge in [0.25, 0.3) is 5.91 Å². The van der Waals surface area contributed by atoms with E-state index in [1.165, 1.54) is 0 Å². The minimum absolute atomic E-state index is 0.0553. The van der Waals surface area contributed by atoms with Gasteiger partial charge in [-0.05, 0) is 45.0 Å². The van der Waals surface area contributed by atoms with Crippen molar-refractivity contribution in [2.45, 2.75) is 33.4 Å². The van der Waals surface area contributed by atoms with E-state index in [1.54, 1.807) is 11.0 Å². The molecule has 0 radical (unpaired) electrons. The summed E-state index contributed by atoms with van der Waals surface area (Å²) in [6.07, 6.45) is 0. The zero-order valence-corrected chi connectivity index (χ0v) is 16.9. The Kier molecular flexibility index (Phi) is 6.84. The number of ether oxygens (including phenoxy) is 2. The molecule has 0 aliphatic carbocycles. The van der Waals surface area contributed by atoms with Crippen molar-refractivity contribution in [3.05, 3.63) is 60.5 Å². The molecule has 7 heteroatoms. The van der Waals surface area contributed by atoms with E-state index in [9.17, 15) is 4.79 Å². The van der Waals surface area contributed by atoms with Crippen LogP contribution in [0.25, 0.3) is 11.5 Å². The van der Waals surface area contributed by atoms with Crippen LogP contribution in [0, 0.1) is 0 Å². The Morgan fingerprint density at radius 2 is 1.66 bits per heavy atom. The topological polar surface area (TPSA) is 77.7 Å². The van der Waals surface area contributed by atoms with Gasteiger partial charge in [-0.15, -0.1) is 10.2 Å². The molecule has 2 aromatic carbocycles. The number of carbonyl (C=O) groups is 1. The summed E-state index contributed by atoms with van der Waals surface area (Å²) in [5.41, 5.74) is 0.838. The first kappa shape index (κ1) is 20.4. The first-order valence-electron chi connectivity index (χ1n) is 9.60. The Morgan fingerprint density at radius 1 is 1.00 bits per heavy atom. The van der Waals surface area contributed by atoms with E-state index in [-0.39, 0.29) is 25.1 Å². The van der Waals surface area contributed by atoms with E-state index in [4.69, 9.17) is 13.9 Å². The van der Waals surface area contributed by atoms with Gasteiger partial charge >= 0.3 is 0 Å². The predicted octanol–water partition coefficient (Wildman–Crippen LogP) is 3.95. The Hall–Kier alpha value is -3.35. The van der Waals surface area contributed by atoms with Gasteiger partial charge in [-0.1, -0.05) is 30.3 Å². The fourth-order valence-electron chi connectivity index (χ4n) is 2.79. The molecule has 0 saturated heterocycles. The monoisotopic (exact) mass is 395 g/mol. The minimum Gasteiger partial charge on any atom is -0.490 e. The smallest absolute Gasteiger partial charge is 0.261 e. The number of benzene rings is 2. The summed E-state index contributed by atoms with van der Waals surface area (Å²) in [5, 5.41) is 8.16. The number of amides is 1. The van der Waals surface area contributed by atoms with Crippen LogP contribution in [0.4, 0.5) is 0 Å². The minimum atomic E-state index is -0.175. The normalized spacial score (nSPS) is 10.8. The molecule has 0 spiro atoms. The van der Waals surface area contributed by atoms with Crippen LogP contribution in [-0.2, 0) is 11.3 Å². The molecule has 0 bridgehead atoms. The van der Waals surface area contributed by atoms with E-state index >= 15 is 0 Å². The first-order chi connectivity index (χ1) is 14.1. The van der Waals surface area contributed by atoms with Crippen molar-refractivity contribution >= 4 is 5.91 Å². The summed E-state index contributed by atoms with van der Waals surface area (Å²) in [4.78, 5) is 14.4. The quantitative estimate of drug-likeness (QED) is 0.546. The van der Waals surface area contributed by atoms with E-state index in [2.05, 4.69) is 10.2 Å². The maximum atomic E-state index is 12.8. The summed E-state index contributed by atoms with van der Waals surface area (Å²) in [5.74, 6) is 1.78. The fourth-order valence-corrected chi connectivity index (χ4v) is 2.79. The van der Waals surface area contributed by atoms with Gasteiger partial charge in [-0.3, -0.25) is 4.79 Å². The van der Waals surface area contributed by atoms with Gasteiger partial charge in [0, 0.05) is 11.6 Å². The molecule has 7 nitrogen and oxygen atoms in total. The van der Waals surface area contributed by atoms with Gasteiger partial charge < -0.3 is 18.8 Å². The van der Waals surface area contributed by atoms with Crippen molar-refractivity contribution in [2.75, 3.05) is 13.2 Å².